The van der Waals surface area contributed by atoms with E-state index in [1.807, 2.05) is 61.5 Å². The first-order chi connectivity index (χ1) is 12.5. The number of aryl methyl sites for hydroxylation is 2. The fraction of sp³-hybridized carbons (Fsp3) is 0.143. The Balaban J connectivity index is 1.94. The third kappa shape index (κ3) is 4.00. The van der Waals surface area contributed by atoms with E-state index >= 15 is 0 Å². The van der Waals surface area contributed by atoms with Gasteiger partial charge in [0.15, 0.2) is 0 Å². The summed E-state index contributed by atoms with van der Waals surface area (Å²) in [4.78, 5) is 23.6. The van der Waals surface area contributed by atoms with Gasteiger partial charge in [-0.1, -0.05) is 48.0 Å². The van der Waals surface area contributed by atoms with Crippen molar-refractivity contribution in [3.05, 3.63) is 83.6 Å². The van der Waals surface area contributed by atoms with E-state index in [0.717, 1.165) is 22.5 Å². The van der Waals surface area contributed by atoms with Crippen LogP contribution in [0.3, 0.4) is 0 Å². The second kappa shape index (κ2) is 7.70. The van der Waals surface area contributed by atoms with Crippen LogP contribution in [0.1, 0.15) is 28.0 Å². The minimum absolute atomic E-state index is 0.00134. The smallest absolute Gasteiger partial charge is 0.303 e. The number of nitrogens with zero attached hydrogens (tertiary/aromatic N) is 1. The van der Waals surface area contributed by atoms with Crippen LogP contribution in [-0.4, -0.2) is 21.7 Å². The molecule has 1 aromatic heterocycles. The minimum Gasteiger partial charge on any atom is -0.481 e. The summed E-state index contributed by atoms with van der Waals surface area (Å²) in [6, 6.07) is 20.7. The van der Waals surface area contributed by atoms with Crippen molar-refractivity contribution in [1.82, 2.24) is 4.68 Å². The number of hydrogen-bond donors (Lipinski definition) is 2. The molecular weight excluding hydrogens is 328 g/mol. The predicted molar refractivity (Wildman–Crippen MR) is 101 cm³/mol. The van der Waals surface area contributed by atoms with Gasteiger partial charge < -0.3 is 5.11 Å². The first-order valence-electron chi connectivity index (χ1n) is 8.40. The second-order valence-electron chi connectivity index (χ2n) is 6.11. The molecule has 0 atom stereocenters. The largest absolute Gasteiger partial charge is 0.481 e. The Morgan fingerprint density at radius 2 is 1.65 bits per heavy atom. The molecule has 0 bridgehead atoms. The van der Waals surface area contributed by atoms with Gasteiger partial charge in [0.25, 0.3) is 5.91 Å². The maximum absolute atomic E-state index is 12.6. The maximum atomic E-state index is 12.6. The summed E-state index contributed by atoms with van der Waals surface area (Å²) in [7, 11) is 0. The molecule has 132 valence electrons. The lowest BCUT2D eigenvalue weighted by atomic mass is 10.1. The van der Waals surface area contributed by atoms with E-state index in [9.17, 15) is 9.59 Å². The molecule has 0 saturated carbocycles. The van der Waals surface area contributed by atoms with Crippen molar-refractivity contribution >= 4 is 11.9 Å². The summed E-state index contributed by atoms with van der Waals surface area (Å²) in [5.41, 5.74) is 7.03. The molecule has 26 heavy (non-hydrogen) atoms. The first-order valence-corrected chi connectivity index (χ1v) is 8.40. The van der Waals surface area contributed by atoms with Crippen molar-refractivity contribution in [3.63, 3.8) is 0 Å². The number of nitrogens with one attached hydrogen (secondary N) is 1. The fourth-order valence-corrected chi connectivity index (χ4v) is 2.75. The highest BCUT2D eigenvalue weighted by molar-refractivity contribution is 6.00. The molecule has 0 saturated heterocycles. The number of hydrogen-bond acceptors (Lipinski definition) is 2. The SMILES string of the molecule is Cc1ccc(C(=O)Nn2c(CCC(=O)O)ccc2-c2ccccc2)cc1. The molecule has 3 aromatic rings. The zero-order valence-electron chi connectivity index (χ0n) is 14.5. The molecule has 5 nitrogen and oxygen atoms in total. The number of rotatable bonds is 6. The molecule has 0 aliphatic carbocycles. The average Bonchev–Trinajstić information content (AvgIpc) is 3.03. The number of aliphatic carboxylic acids is 1. The zero-order valence-corrected chi connectivity index (χ0v) is 14.5. The van der Waals surface area contributed by atoms with Crippen molar-refractivity contribution in [2.45, 2.75) is 19.8 Å². The number of carboxylic acids is 1. The van der Waals surface area contributed by atoms with E-state index in [0.29, 0.717) is 12.0 Å². The van der Waals surface area contributed by atoms with Gasteiger partial charge in [0, 0.05) is 23.2 Å². The number of carbonyl (C=O) groups is 2. The second-order valence-corrected chi connectivity index (χ2v) is 6.11. The molecule has 0 aliphatic heterocycles. The van der Waals surface area contributed by atoms with E-state index in [2.05, 4.69) is 5.43 Å². The van der Waals surface area contributed by atoms with Gasteiger partial charge in [-0.2, -0.15) is 0 Å². The van der Waals surface area contributed by atoms with Crippen LogP contribution in [0.2, 0.25) is 0 Å². The lowest BCUT2D eigenvalue weighted by molar-refractivity contribution is -0.136. The van der Waals surface area contributed by atoms with Gasteiger partial charge >= 0.3 is 5.97 Å². The summed E-state index contributed by atoms with van der Waals surface area (Å²) in [6.07, 6.45) is 0.328. The average molecular weight is 348 g/mol. The van der Waals surface area contributed by atoms with Gasteiger partial charge in [-0.05, 0) is 31.2 Å². The molecule has 0 unspecified atom stereocenters. The molecule has 5 heteroatoms. The summed E-state index contributed by atoms with van der Waals surface area (Å²) in [5, 5.41) is 8.98. The molecule has 0 radical (unpaired) electrons. The zero-order chi connectivity index (χ0) is 18.5. The van der Waals surface area contributed by atoms with E-state index in [-0.39, 0.29) is 12.3 Å². The number of aromatic nitrogens is 1. The van der Waals surface area contributed by atoms with Crippen molar-refractivity contribution in [2.24, 2.45) is 0 Å². The van der Waals surface area contributed by atoms with Gasteiger partial charge in [-0.15, -0.1) is 0 Å². The van der Waals surface area contributed by atoms with Crippen LogP contribution in [0.15, 0.2) is 66.7 Å². The first kappa shape index (κ1) is 17.5. The van der Waals surface area contributed by atoms with Crippen molar-refractivity contribution in [2.75, 3.05) is 5.43 Å². The van der Waals surface area contributed by atoms with Gasteiger partial charge in [0.05, 0.1) is 12.1 Å². The van der Waals surface area contributed by atoms with Crippen molar-refractivity contribution < 1.29 is 14.7 Å². The van der Waals surface area contributed by atoms with Crippen LogP contribution in [0.25, 0.3) is 11.3 Å². The van der Waals surface area contributed by atoms with Crippen LogP contribution in [0, 0.1) is 6.92 Å². The van der Waals surface area contributed by atoms with Crippen LogP contribution in [0.5, 0.6) is 0 Å². The molecule has 1 heterocycles. The molecule has 2 aromatic carbocycles. The Labute approximate surface area is 151 Å². The van der Waals surface area contributed by atoms with E-state index in [1.165, 1.54) is 0 Å². The van der Waals surface area contributed by atoms with Gasteiger partial charge in [-0.3, -0.25) is 19.7 Å². The molecular formula is C21H20N2O3. The molecule has 2 N–H and O–H groups in total. The van der Waals surface area contributed by atoms with E-state index < -0.39 is 5.97 Å². The van der Waals surface area contributed by atoms with E-state index in [4.69, 9.17) is 5.11 Å². The highest BCUT2D eigenvalue weighted by Gasteiger charge is 2.14. The lowest BCUT2D eigenvalue weighted by Gasteiger charge is -2.15. The Morgan fingerprint density at radius 1 is 0.962 bits per heavy atom. The third-order valence-electron chi connectivity index (χ3n) is 4.15. The molecule has 1 amide bonds. The minimum atomic E-state index is -0.871. The fourth-order valence-electron chi connectivity index (χ4n) is 2.75. The number of amides is 1. The molecule has 0 spiro atoms. The quantitative estimate of drug-likeness (QED) is 0.710. The van der Waals surface area contributed by atoms with Crippen LogP contribution < -0.4 is 5.43 Å². The monoisotopic (exact) mass is 348 g/mol. The Bertz CT molecular complexity index is 912. The highest BCUT2D eigenvalue weighted by Crippen LogP contribution is 2.22. The van der Waals surface area contributed by atoms with Crippen LogP contribution in [0.4, 0.5) is 0 Å². The maximum Gasteiger partial charge on any atom is 0.303 e. The molecule has 0 aliphatic rings. The normalized spacial score (nSPS) is 10.5. The Hall–Kier alpha value is -3.34. The third-order valence-corrected chi connectivity index (χ3v) is 4.15. The Morgan fingerprint density at radius 3 is 2.31 bits per heavy atom. The summed E-state index contributed by atoms with van der Waals surface area (Å²) in [5.74, 6) is -1.11. The summed E-state index contributed by atoms with van der Waals surface area (Å²) < 4.78 is 1.68. The highest BCUT2D eigenvalue weighted by atomic mass is 16.4. The molecule has 0 fully saturated rings. The van der Waals surface area contributed by atoms with Crippen molar-refractivity contribution in [3.8, 4) is 11.3 Å². The van der Waals surface area contributed by atoms with E-state index in [1.54, 1.807) is 16.8 Å². The van der Waals surface area contributed by atoms with Crippen LogP contribution >= 0.6 is 0 Å². The number of carboxylic acid groups (broad SMARTS) is 1. The molecule has 3 rings (SSSR count). The predicted octanol–water partition coefficient (Wildman–Crippen LogP) is 3.86. The van der Waals surface area contributed by atoms with Crippen molar-refractivity contribution in [1.29, 1.82) is 0 Å². The number of carbonyl (C=O) groups excluding carboxylic acids is 1. The standard InChI is InChI=1S/C21H20N2O3/c1-15-7-9-17(10-8-15)21(26)22-23-18(12-14-20(24)25)11-13-19(23)16-5-3-2-4-6-16/h2-11,13H,12,14H2,1H3,(H,22,26)(H,24,25). The van der Waals surface area contributed by atoms with Gasteiger partial charge in [0.2, 0.25) is 0 Å². The number of benzene rings is 2. The van der Waals surface area contributed by atoms with Gasteiger partial charge in [0.1, 0.15) is 0 Å². The Kier molecular flexibility index (Phi) is 5.17. The summed E-state index contributed by atoms with van der Waals surface area (Å²) in [6.45, 7) is 1.96. The lowest BCUT2D eigenvalue weighted by Crippen LogP contribution is -2.25. The topological polar surface area (TPSA) is 71.3 Å². The van der Waals surface area contributed by atoms with Crippen LogP contribution in [-0.2, 0) is 11.2 Å². The summed E-state index contributed by atoms with van der Waals surface area (Å²) >= 11 is 0. The van der Waals surface area contributed by atoms with Gasteiger partial charge in [-0.25, -0.2) is 0 Å².